The lowest BCUT2D eigenvalue weighted by Gasteiger charge is -2.13. The van der Waals surface area contributed by atoms with Gasteiger partial charge in [-0.2, -0.15) is 0 Å². The van der Waals surface area contributed by atoms with Crippen LogP contribution in [0.4, 0.5) is 0 Å². The fraction of sp³-hybridized carbons (Fsp3) is 0.267. The highest BCUT2D eigenvalue weighted by Gasteiger charge is 2.16. The number of benzene rings is 1. The van der Waals surface area contributed by atoms with Crippen molar-refractivity contribution in [3.8, 4) is 16.9 Å². The molecule has 0 saturated heterocycles. The van der Waals surface area contributed by atoms with Crippen LogP contribution in [0.5, 0.6) is 5.75 Å². The Labute approximate surface area is 123 Å². The number of nitrogens with zero attached hydrogens (tertiary/aromatic N) is 2. The number of ether oxygens (including phenoxy) is 2. The van der Waals surface area contributed by atoms with Gasteiger partial charge in [0.1, 0.15) is 17.3 Å². The highest BCUT2D eigenvalue weighted by molar-refractivity contribution is 7.80. The number of rotatable bonds is 4. The summed E-state index contributed by atoms with van der Waals surface area (Å²) in [7, 11) is 1.63. The molecular formula is C15H16N2O2S. The van der Waals surface area contributed by atoms with Crippen LogP contribution in [0.2, 0.25) is 0 Å². The molecule has 0 N–H and O–H groups in total. The molecule has 0 fully saturated rings. The maximum atomic E-state index is 5.42. The molecule has 0 aliphatic rings. The number of hydrogen-bond acceptors (Lipinski definition) is 5. The van der Waals surface area contributed by atoms with Crippen LogP contribution < -0.4 is 4.74 Å². The predicted molar refractivity (Wildman–Crippen MR) is 82.1 cm³/mol. The summed E-state index contributed by atoms with van der Waals surface area (Å²) in [4.78, 5) is 8.66. The second-order valence-electron chi connectivity index (χ2n) is 4.10. The van der Waals surface area contributed by atoms with Crippen LogP contribution in [-0.2, 0) is 4.74 Å². The van der Waals surface area contributed by atoms with E-state index < -0.39 is 0 Å². The number of aromatic nitrogens is 2. The molecule has 1 aromatic heterocycles. The van der Waals surface area contributed by atoms with Crippen molar-refractivity contribution in [2.45, 2.75) is 13.8 Å². The SMILES string of the molecule is CCOC(=S)c1nc(C)ncc1-c1ccccc1OC. The van der Waals surface area contributed by atoms with Crippen LogP contribution >= 0.6 is 12.2 Å². The van der Waals surface area contributed by atoms with Crippen molar-refractivity contribution in [3.63, 3.8) is 0 Å². The van der Waals surface area contributed by atoms with Gasteiger partial charge in [-0.1, -0.05) is 18.2 Å². The molecule has 20 heavy (non-hydrogen) atoms. The molecule has 104 valence electrons. The molecular weight excluding hydrogens is 272 g/mol. The lowest BCUT2D eigenvalue weighted by atomic mass is 10.0. The van der Waals surface area contributed by atoms with E-state index in [9.17, 15) is 0 Å². The minimum Gasteiger partial charge on any atom is -0.496 e. The standard InChI is InChI=1S/C15H16N2O2S/c1-4-19-15(20)14-12(9-16-10(2)17-14)11-7-5-6-8-13(11)18-3/h5-9H,4H2,1-3H3. The van der Waals surface area contributed by atoms with Crippen LogP contribution in [0, 0.1) is 6.92 Å². The maximum Gasteiger partial charge on any atom is 0.210 e. The highest BCUT2D eigenvalue weighted by Crippen LogP contribution is 2.31. The molecule has 0 unspecified atom stereocenters. The highest BCUT2D eigenvalue weighted by atomic mass is 32.1. The molecule has 1 heterocycles. The molecule has 1 aromatic carbocycles. The van der Waals surface area contributed by atoms with E-state index in [1.807, 2.05) is 38.1 Å². The molecule has 0 atom stereocenters. The van der Waals surface area contributed by atoms with Crippen molar-refractivity contribution in [2.75, 3.05) is 13.7 Å². The van der Waals surface area contributed by atoms with Gasteiger partial charge < -0.3 is 9.47 Å². The van der Waals surface area contributed by atoms with E-state index in [-0.39, 0.29) is 0 Å². The number of para-hydroxylation sites is 1. The van der Waals surface area contributed by atoms with E-state index in [1.54, 1.807) is 13.3 Å². The van der Waals surface area contributed by atoms with Crippen molar-refractivity contribution < 1.29 is 9.47 Å². The second-order valence-corrected chi connectivity index (χ2v) is 4.47. The summed E-state index contributed by atoms with van der Waals surface area (Å²) in [6, 6.07) is 7.69. The Kier molecular flexibility index (Phi) is 4.63. The van der Waals surface area contributed by atoms with Crippen LogP contribution in [0.3, 0.4) is 0 Å². The molecule has 0 radical (unpaired) electrons. The third-order valence-electron chi connectivity index (χ3n) is 2.78. The summed E-state index contributed by atoms with van der Waals surface area (Å²) in [6.45, 7) is 4.22. The van der Waals surface area contributed by atoms with E-state index in [4.69, 9.17) is 21.7 Å². The molecule has 2 aromatic rings. The maximum absolute atomic E-state index is 5.42. The third kappa shape index (κ3) is 2.93. The monoisotopic (exact) mass is 288 g/mol. The smallest absolute Gasteiger partial charge is 0.210 e. The summed E-state index contributed by atoms with van der Waals surface area (Å²) in [6.07, 6.45) is 1.75. The average molecular weight is 288 g/mol. The minimum atomic E-state index is 0.374. The number of methoxy groups -OCH3 is 1. The van der Waals surface area contributed by atoms with Gasteiger partial charge in [-0.3, -0.25) is 0 Å². The summed E-state index contributed by atoms with van der Waals surface area (Å²) < 4.78 is 10.8. The van der Waals surface area contributed by atoms with Gasteiger partial charge in [0.15, 0.2) is 0 Å². The predicted octanol–water partition coefficient (Wildman–Crippen LogP) is 3.17. The lowest BCUT2D eigenvalue weighted by molar-refractivity contribution is 0.336. The fourth-order valence-electron chi connectivity index (χ4n) is 1.89. The average Bonchev–Trinajstić information content (AvgIpc) is 2.47. The molecule has 0 aliphatic heterocycles. The van der Waals surface area contributed by atoms with Crippen molar-refractivity contribution in [2.24, 2.45) is 0 Å². The summed E-state index contributed by atoms with van der Waals surface area (Å²) >= 11 is 5.29. The van der Waals surface area contributed by atoms with Gasteiger partial charge in [-0.15, -0.1) is 0 Å². The molecule has 5 heteroatoms. The Balaban J connectivity index is 2.59. The Morgan fingerprint density at radius 3 is 2.70 bits per heavy atom. The summed E-state index contributed by atoms with van der Waals surface area (Å²) in [5.74, 6) is 1.40. The lowest BCUT2D eigenvalue weighted by Crippen LogP contribution is -2.10. The Morgan fingerprint density at radius 2 is 2.00 bits per heavy atom. The number of aryl methyl sites for hydroxylation is 1. The first-order valence-corrected chi connectivity index (χ1v) is 6.72. The Morgan fingerprint density at radius 1 is 1.25 bits per heavy atom. The van der Waals surface area contributed by atoms with E-state index >= 15 is 0 Å². The second kappa shape index (κ2) is 6.43. The topological polar surface area (TPSA) is 44.2 Å². The molecule has 0 aliphatic carbocycles. The fourth-order valence-corrected chi connectivity index (χ4v) is 2.16. The van der Waals surface area contributed by atoms with Crippen molar-refractivity contribution in [1.82, 2.24) is 9.97 Å². The van der Waals surface area contributed by atoms with Crippen LogP contribution in [0.15, 0.2) is 30.5 Å². The summed E-state index contributed by atoms with van der Waals surface area (Å²) in [5.41, 5.74) is 2.33. The van der Waals surface area contributed by atoms with E-state index in [1.165, 1.54) is 0 Å². The van der Waals surface area contributed by atoms with E-state index in [0.717, 1.165) is 16.9 Å². The van der Waals surface area contributed by atoms with Crippen molar-refractivity contribution in [1.29, 1.82) is 0 Å². The Hall–Kier alpha value is -2.01. The molecule has 0 amide bonds. The van der Waals surface area contributed by atoms with Crippen LogP contribution in [0.1, 0.15) is 18.4 Å². The third-order valence-corrected chi connectivity index (χ3v) is 3.09. The number of hydrogen-bond donors (Lipinski definition) is 0. The van der Waals surface area contributed by atoms with Gasteiger partial charge >= 0.3 is 0 Å². The van der Waals surface area contributed by atoms with Gasteiger partial charge in [0, 0.05) is 17.3 Å². The van der Waals surface area contributed by atoms with Crippen molar-refractivity contribution >= 4 is 17.3 Å². The van der Waals surface area contributed by atoms with Gasteiger partial charge in [0.25, 0.3) is 0 Å². The quantitative estimate of drug-likeness (QED) is 0.809. The van der Waals surface area contributed by atoms with Crippen LogP contribution in [0.25, 0.3) is 11.1 Å². The van der Waals surface area contributed by atoms with Crippen LogP contribution in [-0.4, -0.2) is 28.7 Å². The zero-order chi connectivity index (χ0) is 14.5. The van der Waals surface area contributed by atoms with Gasteiger partial charge in [-0.05, 0) is 32.1 Å². The zero-order valence-corrected chi connectivity index (χ0v) is 12.5. The first-order chi connectivity index (χ1) is 9.67. The van der Waals surface area contributed by atoms with E-state index in [0.29, 0.717) is 23.2 Å². The minimum absolute atomic E-state index is 0.374. The largest absolute Gasteiger partial charge is 0.496 e. The van der Waals surface area contributed by atoms with Gasteiger partial charge in [-0.25, -0.2) is 9.97 Å². The number of thiocarbonyl (C=S) groups is 1. The molecule has 0 spiro atoms. The first kappa shape index (κ1) is 14.4. The van der Waals surface area contributed by atoms with Crippen molar-refractivity contribution in [3.05, 3.63) is 42.0 Å². The molecule has 0 saturated carbocycles. The molecule has 2 rings (SSSR count). The zero-order valence-electron chi connectivity index (χ0n) is 11.7. The van der Waals surface area contributed by atoms with Gasteiger partial charge in [0.2, 0.25) is 5.05 Å². The first-order valence-electron chi connectivity index (χ1n) is 6.31. The Bertz CT molecular complexity index is 629. The summed E-state index contributed by atoms with van der Waals surface area (Å²) in [5, 5.41) is 0.374. The molecule has 4 nitrogen and oxygen atoms in total. The molecule has 0 bridgehead atoms. The van der Waals surface area contributed by atoms with E-state index in [2.05, 4.69) is 9.97 Å². The normalized spacial score (nSPS) is 10.2. The van der Waals surface area contributed by atoms with Gasteiger partial charge in [0.05, 0.1) is 13.7 Å².